The van der Waals surface area contributed by atoms with E-state index in [-0.39, 0.29) is 5.91 Å². The lowest BCUT2D eigenvalue weighted by molar-refractivity contribution is 0.102. The summed E-state index contributed by atoms with van der Waals surface area (Å²) in [4.78, 5) is 19.0. The highest BCUT2D eigenvalue weighted by Crippen LogP contribution is 2.16. The average molecular weight is 322 g/mol. The number of anilines is 2. The van der Waals surface area contributed by atoms with Crippen LogP contribution in [0, 0.1) is 11.3 Å². The highest BCUT2D eigenvalue weighted by Gasteiger charge is 2.11. The van der Waals surface area contributed by atoms with Gasteiger partial charge in [0.25, 0.3) is 5.91 Å². The van der Waals surface area contributed by atoms with Gasteiger partial charge in [0, 0.05) is 19.3 Å². The van der Waals surface area contributed by atoms with Gasteiger partial charge in [-0.2, -0.15) is 5.26 Å². The molecule has 0 fully saturated rings. The van der Waals surface area contributed by atoms with Crippen LogP contribution in [-0.4, -0.2) is 24.0 Å². The number of nitrogens with zero attached hydrogens (tertiary/aromatic N) is 3. The van der Waals surface area contributed by atoms with Gasteiger partial charge in [-0.1, -0.05) is 26.0 Å². The lowest BCUT2D eigenvalue weighted by Crippen LogP contribution is -2.26. The first-order valence-electron chi connectivity index (χ1n) is 8.21. The second kappa shape index (κ2) is 8.68. The smallest absolute Gasteiger partial charge is 0.257 e. The molecule has 0 unspecified atom stereocenters. The quantitative estimate of drug-likeness (QED) is 0.841. The van der Waals surface area contributed by atoms with Gasteiger partial charge in [0.2, 0.25) is 0 Å². The summed E-state index contributed by atoms with van der Waals surface area (Å²) < 4.78 is 0. The second-order valence-electron chi connectivity index (χ2n) is 5.50. The summed E-state index contributed by atoms with van der Waals surface area (Å²) in [5, 5.41) is 11.8. The number of hydrogen-bond acceptors (Lipinski definition) is 4. The fourth-order valence-corrected chi connectivity index (χ4v) is 2.47. The van der Waals surface area contributed by atoms with Gasteiger partial charge in [-0.05, 0) is 37.1 Å². The normalized spacial score (nSPS) is 10.0. The molecular weight excluding hydrogens is 300 g/mol. The van der Waals surface area contributed by atoms with E-state index in [9.17, 15) is 4.79 Å². The molecule has 0 bridgehead atoms. The summed E-state index contributed by atoms with van der Waals surface area (Å²) in [6.45, 7) is 6.16. The van der Waals surface area contributed by atoms with Crippen molar-refractivity contribution in [2.45, 2.75) is 26.7 Å². The first kappa shape index (κ1) is 17.5. The third-order valence-corrected chi connectivity index (χ3v) is 3.62. The van der Waals surface area contributed by atoms with Crippen LogP contribution in [0.3, 0.4) is 0 Å². The predicted octanol–water partition coefficient (Wildman–Crippen LogP) is 3.83. The molecule has 24 heavy (non-hydrogen) atoms. The van der Waals surface area contributed by atoms with Gasteiger partial charge < -0.3 is 10.2 Å². The van der Waals surface area contributed by atoms with Crippen LogP contribution in [0.2, 0.25) is 0 Å². The molecule has 0 aliphatic rings. The lowest BCUT2D eigenvalue weighted by atomic mass is 10.2. The van der Waals surface area contributed by atoms with Gasteiger partial charge >= 0.3 is 0 Å². The molecule has 0 aliphatic carbocycles. The van der Waals surface area contributed by atoms with Crippen molar-refractivity contribution in [3.8, 4) is 6.07 Å². The van der Waals surface area contributed by atoms with Crippen molar-refractivity contribution in [1.29, 1.82) is 5.26 Å². The van der Waals surface area contributed by atoms with Crippen molar-refractivity contribution >= 4 is 17.4 Å². The monoisotopic (exact) mass is 322 g/mol. The summed E-state index contributed by atoms with van der Waals surface area (Å²) in [6.07, 6.45) is 3.68. The number of hydrogen-bond donors (Lipinski definition) is 1. The number of nitrogens with one attached hydrogen (secondary N) is 1. The molecule has 2 aromatic rings. The van der Waals surface area contributed by atoms with Crippen LogP contribution in [0.15, 0.2) is 42.6 Å². The van der Waals surface area contributed by atoms with Crippen molar-refractivity contribution in [2.75, 3.05) is 23.3 Å². The Morgan fingerprint density at radius 3 is 2.46 bits per heavy atom. The molecule has 0 aliphatic heterocycles. The Labute approximate surface area is 142 Å². The van der Waals surface area contributed by atoms with Crippen LogP contribution in [0.4, 0.5) is 11.5 Å². The number of para-hydroxylation sites is 1. The Morgan fingerprint density at radius 2 is 1.88 bits per heavy atom. The Bertz CT molecular complexity index is 713. The van der Waals surface area contributed by atoms with Crippen LogP contribution in [0.5, 0.6) is 0 Å². The van der Waals surface area contributed by atoms with E-state index in [4.69, 9.17) is 5.26 Å². The number of carbonyl (C=O) groups is 1. The highest BCUT2D eigenvalue weighted by molar-refractivity contribution is 6.04. The molecule has 0 saturated heterocycles. The van der Waals surface area contributed by atoms with Crippen molar-refractivity contribution in [3.05, 3.63) is 53.7 Å². The summed E-state index contributed by atoms with van der Waals surface area (Å²) in [7, 11) is 0. The van der Waals surface area contributed by atoms with Crippen molar-refractivity contribution in [2.24, 2.45) is 0 Å². The van der Waals surface area contributed by atoms with E-state index in [0.29, 0.717) is 16.8 Å². The molecular formula is C19H22N4O. The van der Waals surface area contributed by atoms with Crippen LogP contribution >= 0.6 is 0 Å². The van der Waals surface area contributed by atoms with Gasteiger partial charge in [0.15, 0.2) is 0 Å². The van der Waals surface area contributed by atoms with Crippen LogP contribution < -0.4 is 10.2 Å². The van der Waals surface area contributed by atoms with E-state index in [1.165, 1.54) is 0 Å². The number of aromatic nitrogens is 1. The van der Waals surface area contributed by atoms with Gasteiger partial charge in [-0.3, -0.25) is 4.79 Å². The van der Waals surface area contributed by atoms with Gasteiger partial charge in [-0.25, -0.2) is 4.98 Å². The Balaban J connectivity index is 2.12. The first-order valence-corrected chi connectivity index (χ1v) is 8.21. The first-order chi connectivity index (χ1) is 11.7. The topological polar surface area (TPSA) is 69.0 Å². The number of pyridine rings is 1. The molecule has 1 amide bonds. The number of benzene rings is 1. The van der Waals surface area contributed by atoms with E-state index in [1.807, 2.05) is 6.07 Å². The third kappa shape index (κ3) is 4.32. The summed E-state index contributed by atoms with van der Waals surface area (Å²) in [5.74, 6) is 0.613. The molecule has 5 heteroatoms. The van der Waals surface area contributed by atoms with Crippen molar-refractivity contribution in [1.82, 2.24) is 4.98 Å². The van der Waals surface area contributed by atoms with E-state index < -0.39 is 0 Å². The maximum Gasteiger partial charge on any atom is 0.257 e. The molecule has 0 atom stereocenters. The molecule has 124 valence electrons. The molecule has 1 N–H and O–H groups in total. The molecule has 1 aromatic carbocycles. The maximum absolute atomic E-state index is 12.3. The summed E-state index contributed by atoms with van der Waals surface area (Å²) in [5.41, 5.74) is 1.42. The molecule has 1 aromatic heterocycles. The lowest BCUT2D eigenvalue weighted by Gasteiger charge is -2.22. The number of carbonyl (C=O) groups excluding carboxylic acids is 1. The number of nitriles is 1. The van der Waals surface area contributed by atoms with Crippen molar-refractivity contribution in [3.63, 3.8) is 0 Å². The molecule has 0 spiro atoms. The maximum atomic E-state index is 12.3. The molecule has 5 nitrogen and oxygen atoms in total. The van der Waals surface area contributed by atoms with Gasteiger partial charge in [-0.15, -0.1) is 0 Å². The van der Waals surface area contributed by atoms with Crippen LogP contribution in [0.1, 0.15) is 42.6 Å². The molecule has 0 radical (unpaired) electrons. The molecule has 0 saturated carbocycles. The van der Waals surface area contributed by atoms with E-state index in [1.54, 1.807) is 36.5 Å². The number of amides is 1. The third-order valence-electron chi connectivity index (χ3n) is 3.62. The second-order valence-corrected chi connectivity index (χ2v) is 5.50. The average Bonchev–Trinajstić information content (AvgIpc) is 2.62. The van der Waals surface area contributed by atoms with E-state index in [2.05, 4.69) is 35.1 Å². The molecule has 2 rings (SSSR count). The van der Waals surface area contributed by atoms with E-state index >= 15 is 0 Å². The Hall–Kier alpha value is -2.87. The Kier molecular flexibility index (Phi) is 6.32. The Morgan fingerprint density at radius 1 is 1.17 bits per heavy atom. The molecule has 1 heterocycles. The summed E-state index contributed by atoms with van der Waals surface area (Å²) in [6, 6.07) is 12.6. The standard InChI is InChI=1S/C19H22N4O/c1-3-11-23(12-4-2)18-10-9-16(14-21-18)19(24)22-17-8-6-5-7-15(17)13-20/h5-10,14H,3-4,11-12H2,1-2H3,(H,22,24). The zero-order valence-electron chi connectivity index (χ0n) is 14.1. The fourth-order valence-electron chi connectivity index (χ4n) is 2.47. The minimum Gasteiger partial charge on any atom is -0.357 e. The number of rotatable bonds is 7. The minimum absolute atomic E-state index is 0.269. The summed E-state index contributed by atoms with van der Waals surface area (Å²) >= 11 is 0. The van der Waals surface area contributed by atoms with Gasteiger partial charge in [0.05, 0.1) is 16.8 Å². The predicted molar refractivity (Wildman–Crippen MR) is 96.1 cm³/mol. The minimum atomic E-state index is -0.269. The van der Waals surface area contributed by atoms with Crippen LogP contribution in [0.25, 0.3) is 0 Å². The largest absolute Gasteiger partial charge is 0.357 e. The zero-order valence-corrected chi connectivity index (χ0v) is 14.1. The zero-order chi connectivity index (χ0) is 17.4. The van der Waals surface area contributed by atoms with Crippen molar-refractivity contribution < 1.29 is 4.79 Å². The fraction of sp³-hybridized carbons (Fsp3) is 0.316. The van der Waals surface area contributed by atoms with E-state index in [0.717, 1.165) is 31.7 Å². The highest BCUT2D eigenvalue weighted by atomic mass is 16.1. The van der Waals surface area contributed by atoms with Gasteiger partial charge in [0.1, 0.15) is 11.9 Å². The van der Waals surface area contributed by atoms with Crippen LogP contribution in [-0.2, 0) is 0 Å². The SMILES string of the molecule is CCCN(CCC)c1ccc(C(=O)Nc2ccccc2C#N)cn1.